The average Bonchev–Trinajstić information content (AvgIpc) is 2.35. The van der Waals surface area contributed by atoms with Gasteiger partial charge in [-0.3, -0.25) is 0 Å². The van der Waals surface area contributed by atoms with Crippen LogP contribution in [0.25, 0.3) is 0 Å². The highest BCUT2D eigenvalue weighted by molar-refractivity contribution is 6.17. The molecule has 2 nitrogen and oxygen atoms in total. The summed E-state index contributed by atoms with van der Waals surface area (Å²) in [7, 11) is 0. The summed E-state index contributed by atoms with van der Waals surface area (Å²) in [5.74, 6) is 1.57. The second kappa shape index (κ2) is 5.74. The molecule has 0 unspecified atom stereocenters. The van der Waals surface area contributed by atoms with Gasteiger partial charge in [0.2, 0.25) is 0 Å². The van der Waals surface area contributed by atoms with Crippen LogP contribution >= 0.6 is 11.6 Å². The first-order valence-corrected chi connectivity index (χ1v) is 6.64. The number of hydrogen-bond donors (Lipinski definition) is 0. The lowest BCUT2D eigenvalue weighted by Gasteiger charge is -2.25. The maximum absolute atomic E-state index is 6.09. The van der Waals surface area contributed by atoms with Crippen LogP contribution < -0.4 is 4.74 Å². The summed E-state index contributed by atoms with van der Waals surface area (Å²) in [4.78, 5) is 0. The van der Waals surface area contributed by atoms with Crippen LogP contribution in [0, 0.1) is 13.8 Å². The van der Waals surface area contributed by atoms with Gasteiger partial charge in [-0.25, -0.2) is 0 Å². The number of rotatable bonds is 3. The zero-order valence-corrected chi connectivity index (χ0v) is 11.2. The number of hydrogen-bond acceptors (Lipinski definition) is 2. The lowest BCUT2D eigenvalue weighted by atomic mass is 10.1. The molecule has 0 amide bonds. The Morgan fingerprint density at radius 2 is 1.82 bits per heavy atom. The SMILES string of the molecule is Cc1cc(CCl)cc(C)c1OC1CCOCC1. The Hall–Kier alpha value is -0.730. The second-order valence-corrected chi connectivity index (χ2v) is 4.89. The van der Waals surface area contributed by atoms with E-state index in [1.807, 2.05) is 0 Å². The largest absolute Gasteiger partial charge is 0.490 e. The topological polar surface area (TPSA) is 18.5 Å². The van der Waals surface area contributed by atoms with E-state index in [1.54, 1.807) is 0 Å². The monoisotopic (exact) mass is 254 g/mol. The fraction of sp³-hybridized carbons (Fsp3) is 0.571. The number of ether oxygens (including phenoxy) is 2. The van der Waals surface area contributed by atoms with Crippen molar-refractivity contribution in [3.05, 3.63) is 28.8 Å². The standard InChI is InChI=1S/C14H19ClO2/c1-10-7-12(9-15)8-11(2)14(10)17-13-3-5-16-6-4-13/h7-8,13H,3-6,9H2,1-2H3. The Morgan fingerprint density at radius 3 is 2.35 bits per heavy atom. The zero-order valence-electron chi connectivity index (χ0n) is 10.5. The van der Waals surface area contributed by atoms with E-state index in [2.05, 4.69) is 26.0 Å². The van der Waals surface area contributed by atoms with Crippen LogP contribution in [0.5, 0.6) is 5.75 Å². The highest BCUT2D eigenvalue weighted by Crippen LogP contribution is 2.28. The maximum atomic E-state index is 6.09. The normalized spacial score (nSPS) is 17.1. The molecule has 0 spiro atoms. The molecule has 1 aromatic rings. The van der Waals surface area contributed by atoms with E-state index < -0.39 is 0 Å². The Labute approximate surface area is 108 Å². The second-order valence-electron chi connectivity index (χ2n) is 4.62. The van der Waals surface area contributed by atoms with Gasteiger partial charge in [-0.2, -0.15) is 0 Å². The first kappa shape index (κ1) is 12.7. The molecule has 0 atom stereocenters. The van der Waals surface area contributed by atoms with Crippen LogP contribution in [-0.2, 0) is 10.6 Å². The minimum absolute atomic E-state index is 0.294. The van der Waals surface area contributed by atoms with Crippen LogP contribution in [0.15, 0.2) is 12.1 Å². The molecule has 1 aliphatic heterocycles. The molecule has 0 saturated carbocycles. The van der Waals surface area contributed by atoms with Gasteiger partial charge < -0.3 is 9.47 Å². The summed E-state index contributed by atoms with van der Waals surface area (Å²) >= 11 is 5.86. The molecule has 0 bridgehead atoms. The van der Waals surface area contributed by atoms with Crippen LogP contribution in [0.4, 0.5) is 0 Å². The van der Waals surface area contributed by atoms with E-state index in [-0.39, 0.29) is 0 Å². The number of halogens is 1. The molecule has 1 heterocycles. The zero-order chi connectivity index (χ0) is 12.3. The molecule has 0 radical (unpaired) electrons. The van der Waals surface area contributed by atoms with Crippen LogP contribution in [0.3, 0.4) is 0 Å². The Kier molecular flexibility index (Phi) is 4.30. The van der Waals surface area contributed by atoms with Gasteiger partial charge in [0.1, 0.15) is 11.9 Å². The summed E-state index contributed by atoms with van der Waals surface area (Å²) in [6.45, 7) is 5.78. The number of aryl methyl sites for hydroxylation is 2. The van der Waals surface area contributed by atoms with Gasteiger partial charge in [0, 0.05) is 18.7 Å². The van der Waals surface area contributed by atoms with Crippen molar-refractivity contribution in [3.63, 3.8) is 0 Å². The third-order valence-corrected chi connectivity index (χ3v) is 3.44. The molecule has 1 aliphatic rings. The highest BCUT2D eigenvalue weighted by atomic mass is 35.5. The molecule has 1 saturated heterocycles. The van der Waals surface area contributed by atoms with Crippen LogP contribution in [0.2, 0.25) is 0 Å². The van der Waals surface area contributed by atoms with Crippen molar-refractivity contribution in [2.24, 2.45) is 0 Å². The fourth-order valence-electron chi connectivity index (χ4n) is 2.26. The Bertz CT molecular complexity index is 361. The summed E-state index contributed by atoms with van der Waals surface area (Å²) in [6.07, 6.45) is 2.26. The van der Waals surface area contributed by atoms with Crippen LogP contribution in [-0.4, -0.2) is 19.3 Å². The summed E-state index contributed by atoms with van der Waals surface area (Å²) < 4.78 is 11.4. The first-order chi connectivity index (χ1) is 8.20. The van der Waals surface area contributed by atoms with Gasteiger partial charge in [0.15, 0.2) is 0 Å². The van der Waals surface area contributed by atoms with Crippen molar-refractivity contribution in [3.8, 4) is 5.75 Å². The lowest BCUT2D eigenvalue weighted by Crippen LogP contribution is -2.26. The molecule has 0 N–H and O–H groups in total. The van der Waals surface area contributed by atoms with E-state index in [0.717, 1.165) is 37.4 Å². The predicted octanol–water partition coefficient (Wildman–Crippen LogP) is 3.60. The maximum Gasteiger partial charge on any atom is 0.125 e. The first-order valence-electron chi connectivity index (χ1n) is 6.11. The van der Waals surface area contributed by atoms with Crippen LogP contribution in [0.1, 0.15) is 29.5 Å². The smallest absolute Gasteiger partial charge is 0.125 e. The van der Waals surface area contributed by atoms with E-state index in [9.17, 15) is 0 Å². The van der Waals surface area contributed by atoms with Gasteiger partial charge in [-0.15, -0.1) is 11.6 Å². The molecule has 94 valence electrons. The average molecular weight is 255 g/mol. The summed E-state index contributed by atoms with van der Waals surface area (Å²) in [6, 6.07) is 4.21. The lowest BCUT2D eigenvalue weighted by molar-refractivity contribution is 0.0250. The number of benzene rings is 1. The quantitative estimate of drug-likeness (QED) is 0.768. The minimum Gasteiger partial charge on any atom is -0.490 e. The van der Waals surface area contributed by atoms with Crippen molar-refractivity contribution in [1.82, 2.24) is 0 Å². The van der Waals surface area contributed by atoms with Gasteiger partial charge in [-0.05, 0) is 30.5 Å². The molecule has 2 rings (SSSR count). The molecular weight excluding hydrogens is 236 g/mol. The molecule has 1 fully saturated rings. The van der Waals surface area contributed by atoms with Gasteiger partial charge >= 0.3 is 0 Å². The molecule has 17 heavy (non-hydrogen) atoms. The molecule has 1 aromatic carbocycles. The molecular formula is C14H19ClO2. The summed E-state index contributed by atoms with van der Waals surface area (Å²) in [5, 5.41) is 0. The van der Waals surface area contributed by atoms with Gasteiger partial charge in [-0.1, -0.05) is 12.1 Å². The Morgan fingerprint density at radius 1 is 1.24 bits per heavy atom. The van der Waals surface area contributed by atoms with Crippen molar-refractivity contribution in [2.75, 3.05) is 13.2 Å². The Balaban J connectivity index is 2.14. The highest BCUT2D eigenvalue weighted by Gasteiger charge is 2.17. The van der Waals surface area contributed by atoms with Crippen molar-refractivity contribution in [2.45, 2.75) is 38.7 Å². The minimum atomic E-state index is 0.294. The third-order valence-electron chi connectivity index (χ3n) is 3.13. The predicted molar refractivity (Wildman–Crippen MR) is 69.9 cm³/mol. The van der Waals surface area contributed by atoms with E-state index >= 15 is 0 Å². The van der Waals surface area contributed by atoms with E-state index in [1.165, 1.54) is 11.1 Å². The van der Waals surface area contributed by atoms with Gasteiger partial charge in [0.25, 0.3) is 0 Å². The fourth-order valence-corrected chi connectivity index (χ4v) is 2.42. The van der Waals surface area contributed by atoms with Crippen molar-refractivity contribution >= 4 is 11.6 Å². The molecule has 3 heteroatoms. The van der Waals surface area contributed by atoms with Gasteiger partial charge in [0.05, 0.1) is 13.2 Å². The van der Waals surface area contributed by atoms with E-state index in [4.69, 9.17) is 21.1 Å². The summed E-state index contributed by atoms with van der Waals surface area (Å²) in [5.41, 5.74) is 3.50. The molecule has 0 aliphatic carbocycles. The third kappa shape index (κ3) is 3.14. The van der Waals surface area contributed by atoms with E-state index in [0.29, 0.717) is 12.0 Å². The number of alkyl halides is 1. The van der Waals surface area contributed by atoms with Crippen molar-refractivity contribution in [1.29, 1.82) is 0 Å². The van der Waals surface area contributed by atoms with Crippen molar-refractivity contribution < 1.29 is 9.47 Å². The molecule has 0 aromatic heterocycles.